The van der Waals surface area contributed by atoms with Crippen molar-refractivity contribution in [3.63, 3.8) is 0 Å². The summed E-state index contributed by atoms with van der Waals surface area (Å²) in [7, 11) is 0. The maximum Gasteiger partial charge on any atom is 0.231 e. The largest absolute Gasteiger partial charge is 0.454 e. The summed E-state index contributed by atoms with van der Waals surface area (Å²) in [6.07, 6.45) is 1.17. The van der Waals surface area contributed by atoms with E-state index >= 15 is 0 Å². The van der Waals surface area contributed by atoms with Gasteiger partial charge in [0.2, 0.25) is 12.7 Å². The van der Waals surface area contributed by atoms with Gasteiger partial charge in [-0.25, -0.2) is 0 Å². The molecule has 1 aromatic rings. The van der Waals surface area contributed by atoms with E-state index < -0.39 is 0 Å². The summed E-state index contributed by atoms with van der Waals surface area (Å²) in [5.41, 5.74) is 6.37. The number of nitrogens with two attached hydrogens (primary N) is 1. The van der Waals surface area contributed by atoms with E-state index in [1.54, 1.807) is 0 Å². The molecule has 0 aliphatic carbocycles. The van der Waals surface area contributed by atoms with Crippen molar-refractivity contribution >= 4 is 5.91 Å². The van der Waals surface area contributed by atoms with Crippen molar-refractivity contribution < 1.29 is 14.3 Å². The van der Waals surface area contributed by atoms with Crippen molar-refractivity contribution in [2.24, 2.45) is 5.73 Å². The molecule has 0 spiro atoms. The van der Waals surface area contributed by atoms with E-state index in [1.165, 1.54) is 0 Å². The second-order valence-electron chi connectivity index (χ2n) is 4.29. The maximum absolute atomic E-state index is 11.6. The first-order valence-corrected chi connectivity index (χ1v) is 6.09. The van der Waals surface area contributed by atoms with E-state index in [0.29, 0.717) is 19.4 Å². The molecule has 1 aliphatic heterocycles. The number of benzene rings is 1. The molecule has 1 unspecified atom stereocenters. The van der Waals surface area contributed by atoms with Crippen LogP contribution in [0.15, 0.2) is 18.2 Å². The second kappa shape index (κ2) is 5.73. The van der Waals surface area contributed by atoms with E-state index in [-0.39, 0.29) is 18.7 Å². The molecule has 1 atom stereocenters. The van der Waals surface area contributed by atoms with Gasteiger partial charge in [-0.3, -0.25) is 4.79 Å². The first-order chi connectivity index (χ1) is 8.70. The van der Waals surface area contributed by atoms with E-state index in [1.807, 2.05) is 25.1 Å². The van der Waals surface area contributed by atoms with E-state index in [2.05, 4.69) is 5.32 Å². The molecule has 98 valence electrons. The molecule has 1 heterocycles. The fraction of sp³-hybridized carbons (Fsp3) is 0.462. The van der Waals surface area contributed by atoms with Crippen LogP contribution in [0.4, 0.5) is 0 Å². The highest BCUT2D eigenvalue weighted by Crippen LogP contribution is 2.34. The number of hydrogen-bond acceptors (Lipinski definition) is 4. The topological polar surface area (TPSA) is 73.6 Å². The lowest BCUT2D eigenvalue weighted by atomic mass is 10.1. The zero-order valence-electron chi connectivity index (χ0n) is 10.4. The summed E-state index contributed by atoms with van der Waals surface area (Å²) in [6.45, 7) is 2.74. The smallest absolute Gasteiger partial charge is 0.231 e. The van der Waals surface area contributed by atoms with Crippen LogP contribution in [0.5, 0.6) is 11.5 Å². The van der Waals surface area contributed by atoms with Gasteiger partial charge in [-0.1, -0.05) is 6.07 Å². The predicted molar refractivity (Wildman–Crippen MR) is 67.4 cm³/mol. The molecule has 1 aliphatic rings. The predicted octanol–water partition coefficient (Wildman–Crippen LogP) is 1.33. The van der Waals surface area contributed by atoms with Gasteiger partial charge in [-0.2, -0.15) is 0 Å². The Morgan fingerprint density at radius 3 is 3.00 bits per heavy atom. The van der Waals surface area contributed by atoms with Crippen LogP contribution in [-0.4, -0.2) is 19.2 Å². The second-order valence-corrected chi connectivity index (χ2v) is 4.29. The Morgan fingerprint density at radius 1 is 1.44 bits per heavy atom. The van der Waals surface area contributed by atoms with Crippen LogP contribution < -0.4 is 20.5 Å². The van der Waals surface area contributed by atoms with Crippen LogP contribution in [-0.2, 0) is 4.79 Å². The fourth-order valence-corrected chi connectivity index (χ4v) is 1.84. The molecule has 5 nitrogen and oxygen atoms in total. The molecule has 0 saturated heterocycles. The molecule has 1 aromatic carbocycles. The van der Waals surface area contributed by atoms with Gasteiger partial charge in [0.05, 0.1) is 6.04 Å². The Labute approximate surface area is 106 Å². The maximum atomic E-state index is 11.6. The molecule has 18 heavy (non-hydrogen) atoms. The lowest BCUT2D eigenvalue weighted by Gasteiger charge is -2.14. The van der Waals surface area contributed by atoms with Crippen LogP contribution in [0.3, 0.4) is 0 Å². The third-order valence-corrected chi connectivity index (χ3v) is 2.88. The fourth-order valence-electron chi connectivity index (χ4n) is 1.84. The molecular weight excluding hydrogens is 232 g/mol. The quantitative estimate of drug-likeness (QED) is 0.827. The summed E-state index contributed by atoms with van der Waals surface area (Å²) < 4.78 is 10.6. The van der Waals surface area contributed by atoms with E-state index in [9.17, 15) is 4.79 Å². The highest BCUT2D eigenvalue weighted by atomic mass is 16.7. The molecular formula is C13H18N2O3. The summed E-state index contributed by atoms with van der Waals surface area (Å²) in [5.74, 6) is 1.50. The minimum absolute atomic E-state index is 0.0191. The van der Waals surface area contributed by atoms with Crippen LogP contribution in [0.25, 0.3) is 0 Å². The number of nitrogens with one attached hydrogen (secondary N) is 1. The lowest BCUT2D eigenvalue weighted by Crippen LogP contribution is -2.26. The Bertz CT molecular complexity index is 434. The van der Waals surface area contributed by atoms with Gasteiger partial charge in [0.1, 0.15) is 0 Å². The Kier molecular flexibility index (Phi) is 4.04. The summed E-state index contributed by atoms with van der Waals surface area (Å²) in [6, 6.07) is 5.64. The zero-order valence-corrected chi connectivity index (χ0v) is 10.4. The number of amides is 1. The minimum Gasteiger partial charge on any atom is -0.454 e. The van der Waals surface area contributed by atoms with Crippen molar-refractivity contribution in [1.29, 1.82) is 0 Å². The number of hydrogen-bond donors (Lipinski definition) is 2. The molecule has 5 heteroatoms. The Hall–Kier alpha value is -1.75. The highest BCUT2D eigenvalue weighted by Gasteiger charge is 2.16. The van der Waals surface area contributed by atoms with Gasteiger partial charge in [-0.15, -0.1) is 0 Å². The van der Waals surface area contributed by atoms with Gasteiger partial charge in [0, 0.05) is 6.42 Å². The monoisotopic (exact) mass is 250 g/mol. The number of rotatable bonds is 5. The average molecular weight is 250 g/mol. The van der Waals surface area contributed by atoms with Crippen LogP contribution >= 0.6 is 0 Å². The molecule has 1 amide bonds. The molecule has 3 N–H and O–H groups in total. The van der Waals surface area contributed by atoms with E-state index in [4.69, 9.17) is 15.2 Å². The van der Waals surface area contributed by atoms with E-state index in [0.717, 1.165) is 17.1 Å². The van der Waals surface area contributed by atoms with Gasteiger partial charge >= 0.3 is 0 Å². The van der Waals surface area contributed by atoms with Crippen LogP contribution in [0.2, 0.25) is 0 Å². The third kappa shape index (κ3) is 2.92. The minimum atomic E-state index is -0.0511. The molecule has 0 bridgehead atoms. The van der Waals surface area contributed by atoms with Crippen molar-refractivity contribution in [2.75, 3.05) is 13.3 Å². The zero-order chi connectivity index (χ0) is 13.0. The highest BCUT2D eigenvalue weighted by molar-refractivity contribution is 5.76. The molecule has 0 radical (unpaired) electrons. The third-order valence-electron chi connectivity index (χ3n) is 2.88. The Morgan fingerprint density at radius 2 is 2.22 bits per heavy atom. The molecule has 0 fully saturated rings. The van der Waals surface area contributed by atoms with Gasteiger partial charge in [-0.05, 0) is 37.6 Å². The number of ether oxygens (including phenoxy) is 2. The number of fused-ring (bicyclic) bond motifs is 1. The van der Waals surface area contributed by atoms with Gasteiger partial charge < -0.3 is 20.5 Å². The number of carbonyl (C=O) groups is 1. The number of carbonyl (C=O) groups excluding carboxylic acids is 1. The van der Waals surface area contributed by atoms with Gasteiger partial charge in [0.15, 0.2) is 11.5 Å². The average Bonchev–Trinajstić information content (AvgIpc) is 2.83. The summed E-state index contributed by atoms with van der Waals surface area (Å²) >= 11 is 0. The molecule has 2 rings (SSSR count). The summed E-state index contributed by atoms with van der Waals surface area (Å²) in [4.78, 5) is 11.6. The van der Waals surface area contributed by atoms with Crippen molar-refractivity contribution in [3.05, 3.63) is 23.8 Å². The van der Waals surface area contributed by atoms with Crippen molar-refractivity contribution in [3.8, 4) is 11.5 Å². The van der Waals surface area contributed by atoms with Crippen LogP contribution in [0, 0.1) is 0 Å². The SMILES string of the molecule is CC(NC(=O)CCCN)c1ccc2c(c1)OCO2. The standard InChI is InChI=1S/C13H18N2O3/c1-9(15-13(16)3-2-6-14)10-4-5-11-12(7-10)18-8-17-11/h4-5,7,9H,2-3,6,8,14H2,1H3,(H,15,16). The lowest BCUT2D eigenvalue weighted by molar-refractivity contribution is -0.121. The first kappa shape index (κ1) is 12.7. The summed E-state index contributed by atoms with van der Waals surface area (Å²) in [5, 5.41) is 2.93. The van der Waals surface area contributed by atoms with Crippen LogP contribution in [0.1, 0.15) is 31.4 Å². The van der Waals surface area contributed by atoms with Gasteiger partial charge in [0.25, 0.3) is 0 Å². The first-order valence-electron chi connectivity index (χ1n) is 6.09. The Balaban J connectivity index is 1.96. The molecule has 0 saturated carbocycles. The van der Waals surface area contributed by atoms with Crippen molar-refractivity contribution in [2.45, 2.75) is 25.8 Å². The molecule has 0 aromatic heterocycles. The normalized spacial score (nSPS) is 14.3. The van der Waals surface area contributed by atoms with Crippen molar-refractivity contribution in [1.82, 2.24) is 5.32 Å².